The molecule has 2 aromatic rings. The molecule has 0 saturated heterocycles. The van der Waals surface area contributed by atoms with Crippen molar-refractivity contribution in [1.29, 1.82) is 0 Å². The van der Waals surface area contributed by atoms with Crippen molar-refractivity contribution in [2.45, 2.75) is 34.1 Å². The molecule has 0 bridgehead atoms. The first-order valence-electron chi connectivity index (χ1n) is 8.72. The van der Waals surface area contributed by atoms with Crippen LogP contribution < -0.4 is 9.47 Å². The molecule has 2 aromatic carbocycles. The quantitative estimate of drug-likeness (QED) is 0.739. The maximum absolute atomic E-state index is 9.68. The van der Waals surface area contributed by atoms with E-state index in [0.717, 1.165) is 17.7 Å². The van der Waals surface area contributed by atoms with Crippen LogP contribution in [0.2, 0.25) is 0 Å². The number of phenols is 1. The minimum atomic E-state index is 0.120. The number of hydrogen-bond donors (Lipinski definition) is 1. The van der Waals surface area contributed by atoms with Gasteiger partial charge in [0.25, 0.3) is 0 Å². The second-order valence-corrected chi connectivity index (χ2v) is 4.57. The SMILES string of the molecule is CC.CC.COc1cccc(CCN=Cc2ccc(OC)c(O)c2)c1. The molecule has 0 heterocycles. The Kier molecular flexibility index (Phi) is 12.5. The van der Waals surface area contributed by atoms with E-state index in [9.17, 15) is 5.11 Å². The van der Waals surface area contributed by atoms with Crippen molar-refractivity contribution < 1.29 is 14.6 Å². The highest BCUT2D eigenvalue weighted by Crippen LogP contribution is 2.25. The van der Waals surface area contributed by atoms with Crippen LogP contribution in [0.25, 0.3) is 0 Å². The molecule has 0 atom stereocenters. The molecule has 2 rings (SSSR count). The van der Waals surface area contributed by atoms with E-state index in [1.807, 2.05) is 52.0 Å². The maximum atomic E-state index is 9.68. The van der Waals surface area contributed by atoms with Gasteiger partial charge in [-0.05, 0) is 47.9 Å². The first kappa shape index (κ1) is 22.5. The molecule has 0 fully saturated rings. The fraction of sp³-hybridized carbons (Fsp3) is 0.381. The first-order valence-corrected chi connectivity index (χ1v) is 8.72. The zero-order valence-corrected chi connectivity index (χ0v) is 16.2. The molecule has 0 amide bonds. The second-order valence-electron chi connectivity index (χ2n) is 4.57. The molecule has 0 saturated carbocycles. The van der Waals surface area contributed by atoms with Gasteiger partial charge in [0, 0.05) is 12.8 Å². The third kappa shape index (κ3) is 8.25. The van der Waals surface area contributed by atoms with E-state index >= 15 is 0 Å². The van der Waals surface area contributed by atoms with Gasteiger partial charge in [-0.25, -0.2) is 0 Å². The lowest BCUT2D eigenvalue weighted by molar-refractivity contribution is 0.373. The Labute approximate surface area is 152 Å². The van der Waals surface area contributed by atoms with Gasteiger partial charge >= 0.3 is 0 Å². The Balaban J connectivity index is 0.00000134. The summed E-state index contributed by atoms with van der Waals surface area (Å²) in [6.07, 6.45) is 2.59. The minimum Gasteiger partial charge on any atom is -0.504 e. The summed E-state index contributed by atoms with van der Waals surface area (Å²) >= 11 is 0. The van der Waals surface area contributed by atoms with Crippen molar-refractivity contribution >= 4 is 6.21 Å². The third-order valence-electron chi connectivity index (χ3n) is 3.11. The van der Waals surface area contributed by atoms with E-state index in [1.54, 1.807) is 25.5 Å². The Bertz CT molecular complexity index is 624. The highest BCUT2D eigenvalue weighted by Gasteiger charge is 2.00. The van der Waals surface area contributed by atoms with E-state index in [-0.39, 0.29) is 5.75 Å². The summed E-state index contributed by atoms with van der Waals surface area (Å²) in [4.78, 5) is 4.37. The zero-order chi connectivity index (χ0) is 19.1. The van der Waals surface area contributed by atoms with Crippen molar-refractivity contribution in [2.24, 2.45) is 4.99 Å². The van der Waals surface area contributed by atoms with Crippen LogP contribution in [-0.4, -0.2) is 32.1 Å². The topological polar surface area (TPSA) is 51.0 Å². The molecular formula is C21H31NO3. The summed E-state index contributed by atoms with van der Waals surface area (Å²) in [5.74, 6) is 1.44. The van der Waals surface area contributed by atoms with E-state index in [1.165, 1.54) is 12.7 Å². The standard InChI is InChI=1S/C17H19NO3.2C2H6/c1-20-15-5-3-4-13(10-15)8-9-18-12-14-6-7-17(21-2)16(19)11-14;2*1-2/h3-7,10-12,19H,8-9H2,1-2H3;2*1-2H3. The minimum absolute atomic E-state index is 0.120. The van der Waals surface area contributed by atoms with Gasteiger partial charge in [-0.2, -0.15) is 0 Å². The average Bonchev–Trinajstić information content (AvgIpc) is 2.69. The molecule has 0 spiro atoms. The van der Waals surface area contributed by atoms with Crippen LogP contribution in [0.3, 0.4) is 0 Å². The van der Waals surface area contributed by atoms with Crippen LogP contribution in [0, 0.1) is 0 Å². The Morgan fingerprint density at radius 1 is 0.960 bits per heavy atom. The van der Waals surface area contributed by atoms with E-state index < -0.39 is 0 Å². The number of methoxy groups -OCH3 is 2. The van der Waals surface area contributed by atoms with Crippen LogP contribution in [-0.2, 0) is 6.42 Å². The van der Waals surface area contributed by atoms with Gasteiger partial charge in [0.2, 0.25) is 0 Å². The van der Waals surface area contributed by atoms with Gasteiger partial charge in [-0.3, -0.25) is 4.99 Å². The van der Waals surface area contributed by atoms with E-state index in [0.29, 0.717) is 12.3 Å². The van der Waals surface area contributed by atoms with Crippen LogP contribution in [0.1, 0.15) is 38.8 Å². The molecule has 4 heteroatoms. The van der Waals surface area contributed by atoms with Crippen LogP contribution in [0.4, 0.5) is 0 Å². The van der Waals surface area contributed by atoms with Crippen molar-refractivity contribution in [1.82, 2.24) is 0 Å². The number of ether oxygens (including phenoxy) is 2. The lowest BCUT2D eigenvalue weighted by atomic mass is 10.1. The molecule has 1 N–H and O–H groups in total. The molecule has 138 valence electrons. The summed E-state index contributed by atoms with van der Waals surface area (Å²) in [6, 6.07) is 13.2. The third-order valence-corrected chi connectivity index (χ3v) is 3.11. The number of nitrogens with zero attached hydrogens (tertiary/aromatic N) is 1. The summed E-state index contributed by atoms with van der Waals surface area (Å²) in [5.41, 5.74) is 2.03. The fourth-order valence-electron chi connectivity index (χ4n) is 1.98. The van der Waals surface area contributed by atoms with Gasteiger partial charge in [0.05, 0.1) is 14.2 Å². The lowest BCUT2D eigenvalue weighted by Crippen LogP contribution is -1.92. The summed E-state index contributed by atoms with van der Waals surface area (Å²) < 4.78 is 10.2. The number of phenolic OH excluding ortho intramolecular Hbond substituents is 1. The molecular weight excluding hydrogens is 314 g/mol. The van der Waals surface area contributed by atoms with Gasteiger partial charge in [-0.1, -0.05) is 39.8 Å². The smallest absolute Gasteiger partial charge is 0.160 e. The number of hydrogen-bond acceptors (Lipinski definition) is 4. The Morgan fingerprint density at radius 3 is 2.28 bits per heavy atom. The van der Waals surface area contributed by atoms with Crippen molar-refractivity contribution in [3.8, 4) is 17.2 Å². The van der Waals surface area contributed by atoms with Crippen LogP contribution in [0.15, 0.2) is 47.5 Å². The van der Waals surface area contributed by atoms with Crippen molar-refractivity contribution in [3.05, 3.63) is 53.6 Å². The van der Waals surface area contributed by atoms with E-state index in [2.05, 4.69) is 11.1 Å². The Morgan fingerprint density at radius 2 is 1.68 bits per heavy atom. The summed E-state index contributed by atoms with van der Waals surface area (Å²) in [7, 11) is 3.18. The molecule has 0 aromatic heterocycles. The van der Waals surface area contributed by atoms with Crippen LogP contribution in [0.5, 0.6) is 17.2 Å². The van der Waals surface area contributed by atoms with Gasteiger partial charge in [0.1, 0.15) is 5.75 Å². The first-order chi connectivity index (χ1) is 12.2. The average molecular weight is 345 g/mol. The molecule has 0 radical (unpaired) electrons. The monoisotopic (exact) mass is 345 g/mol. The number of aromatic hydroxyl groups is 1. The maximum Gasteiger partial charge on any atom is 0.160 e. The van der Waals surface area contributed by atoms with Gasteiger partial charge in [0.15, 0.2) is 11.5 Å². The second kappa shape index (κ2) is 13.9. The lowest BCUT2D eigenvalue weighted by Gasteiger charge is -2.03. The molecule has 0 aliphatic carbocycles. The number of aliphatic imine (C=N–C) groups is 1. The molecule has 0 aliphatic rings. The highest BCUT2D eigenvalue weighted by molar-refractivity contribution is 5.80. The molecule has 25 heavy (non-hydrogen) atoms. The predicted octanol–water partition coefficient (Wildman–Crippen LogP) is 5.12. The van der Waals surface area contributed by atoms with Crippen molar-refractivity contribution in [2.75, 3.05) is 20.8 Å². The zero-order valence-electron chi connectivity index (χ0n) is 16.2. The Hall–Kier alpha value is -2.49. The molecule has 4 nitrogen and oxygen atoms in total. The van der Waals surface area contributed by atoms with E-state index in [4.69, 9.17) is 9.47 Å². The summed E-state index contributed by atoms with van der Waals surface area (Å²) in [6.45, 7) is 8.68. The van der Waals surface area contributed by atoms with Gasteiger partial charge < -0.3 is 14.6 Å². The normalized spacial score (nSPS) is 9.52. The molecule has 0 unspecified atom stereocenters. The number of benzene rings is 2. The summed E-state index contributed by atoms with van der Waals surface area (Å²) in [5, 5.41) is 9.68. The fourth-order valence-corrected chi connectivity index (χ4v) is 1.98. The van der Waals surface area contributed by atoms with Gasteiger partial charge in [-0.15, -0.1) is 0 Å². The highest BCUT2D eigenvalue weighted by atomic mass is 16.5. The predicted molar refractivity (Wildman–Crippen MR) is 107 cm³/mol. The largest absolute Gasteiger partial charge is 0.504 e. The van der Waals surface area contributed by atoms with Crippen molar-refractivity contribution in [3.63, 3.8) is 0 Å². The molecule has 0 aliphatic heterocycles. The number of rotatable bonds is 6. The van der Waals surface area contributed by atoms with Crippen LogP contribution >= 0.6 is 0 Å².